The average Bonchev–Trinajstić information content (AvgIpc) is 3.58. The van der Waals surface area contributed by atoms with Gasteiger partial charge in [-0.05, 0) is 81.9 Å². The second kappa shape index (κ2) is 12.0. The predicted molar refractivity (Wildman–Crippen MR) is 152 cm³/mol. The number of carbonyl (C=O) groups is 2. The highest BCUT2D eigenvalue weighted by atomic mass is 79.9. The lowest BCUT2D eigenvalue weighted by atomic mass is 9.99. The van der Waals surface area contributed by atoms with Crippen LogP contribution in [0.3, 0.4) is 0 Å². The zero-order valence-corrected chi connectivity index (χ0v) is 25.1. The van der Waals surface area contributed by atoms with Gasteiger partial charge in [0.1, 0.15) is 16.2 Å². The Kier molecular flexibility index (Phi) is 9.09. The molecule has 7 heteroatoms. The third-order valence-electron chi connectivity index (χ3n) is 7.53. The van der Waals surface area contributed by atoms with Gasteiger partial charge in [-0.2, -0.15) is 0 Å². The van der Waals surface area contributed by atoms with Crippen LogP contribution in [-0.4, -0.2) is 53.3 Å². The number of hydrogen-bond acceptors (Lipinski definition) is 5. The summed E-state index contributed by atoms with van der Waals surface area (Å²) in [5, 5.41) is 7.36. The first-order chi connectivity index (χ1) is 17.8. The molecule has 5 nitrogen and oxygen atoms in total. The summed E-state index contributed by atoms with van der Waals surface area (Å²) in [4.78, 5) is 27.9. The van der Waals surface area contributed by atoms with Gasteiger partial charge >= 0.3 is 5.71 Å². The maximum absolute atomic E-state index is 14.4. The van der Waals surface area contributed by atoms with E-state index in [1.807, 2.05) is 75.4 Å². The number of hydrogen-bond donors (Lipinski definition) is 0. The third-order valence-corrected chi connectivity index (χ3v) is 11.4. The van der Waals surface area contributed by atoms with Gasteiger partial charge in [0.15, 0.2) is 5.31 Å². The Morgan fingerprint density at radius 3 is 2.34 bits per heavy atom. The first kappa shape index (κ1) is 28.9. The van der Waals surface area contributed by atoms with Crippen LogP contribution in [0.1, 0.15) is 57.9 Å². The summed E-state index contributed by atoms with van der Waals surface area (Å²) in [6.45, 7) is 10.0. The Morgan fingerprint density at radius 2 is 1.66 bits per heavy atom. The molecule has 1 unspecified atom stereocenters. The van der Waals surface area contributed by atoms with Crippen molar-refractivity contribution in [3.63, 3.8) is 0 Å². The second-order valence-corrected chi connectivity index (χ2v) is 14.5. The van der Waals surface area contributed by atoms with Gasteiger partial charge < -0.3 is 21.7 Å². The molecule has 2 fully saturated rings. The quantitative estimate of drug-likeness (QED) is 0.480. The Balaban J connectivity index is 0.00000336. The van der Waals surface area contributed by atoms with Crippen LogP contribution >= 0.6 is 7.26 Å². The number of ketones is 1. The molecule has 202 valence electrons. The molecule has 0 spiro atoms. The van der Waals surface area contributed by atoms with Crippen molar-refractivity contribution in [2.24, 2.45) is 0 Å². The summed E-state index contributed by atoms with van der Waals surface area (Å²) in [5.41, 5.74) is 0.260. The highest BCUT2D eigenvalue weighted by Crippen LogP contribution is 2.66. The fourth-order valence-electron chi connectivity index (χ4n) is 5.79. The van der Waals surface area contributed by atoms with Crippen molar-refractivity contribution in [3.8, 4) is 0 Å². The zero-order chi connectivity index (χ0) is 26.0. The Labute approximate surface area is 238 Å². The number of rotatable bonds is 6. The average molecular weight is 598 g/mol. The van der Waals surface area contributed by atoms with Crippen molar-refractivity contribution in [2.75, 3.05) is 26.2 Å². The predicted octanol–water partition coefficient (Wildman–Crippen LogP) is 2.81. The van der Waals surface area contributed by atoms with Gasteiger partial charge in [-0.1, -0.05) is 42.5 Å². The Hall–Kier alpha value is -2.11. The van der Waals surface area contributed by atoms with E-state index in [1.165, 1.54) is 18.4 Å². The highest BCUT2D eigenvalue weighted by Gasteiger charge is 2.60. The zero-order valence-electron chi connectivity index (χ0n) is 22.6. The molecule has 0 aromatic heterocycles. The largest absolute Gasteiger partial charge is 1.00 e. The molecule has 0 radical (unpaired) electrons. The van der Waals surface area contributed by atoms with Crippen LogP contribution in [0.5, 0.6) is 0 Å². The van der Waals surface area contributed by atoms with Gasteiger partial charge in [-0.15, -0.1) is 0 Å². The lowest BCUT2D eigenvalue weighted by Crippen LogP contribution is -3.00. The summed E-state index contributed by atoms with van der Waals surface area (Å²) in [6.07, 6.45) is 9.57. The van der Waals surface area contributed by atoms with Crippen molar-refractivity contribution in [1.82, 2.24) is 10.0 Å². The van der Waals surface area contributed by atoms with Gasteiger partial charge in [0.25, 0.3) is 0 Å². The Morgan fingerprint density at radius 1 is 0.947 bits per heavy atom. The molecule has 38 heavy (non-hydrogen) atoms. The normalized spacial score (nSPS) is 22.0. The second-order valence-electron chi connectivity index (χ2n) is 11.2. The summed E-state index contributed by atoms with van der Waals surface area (Å²) >= 11 is 0. The van der Waals surface area contributed by atoms with Crippen LogP contribution in [-0.2, 0) is 9.53 Å². The van der Waals surface area contributed by atoms with Crippen LogP contribution in [0.4, 0.5) is 4.79 Å². The van der Waals surface area contributed by atoms with E-state index < -0.39 is 12.9 Å². The van der Waals surface area contributed by atoms with E-state index in [4.69, 9.17) is 4.74 Å². The van der Waals surface area contributed by atoms with Crippen LogP contribution in [0.15, 0.2) is 78.1 Å². The number of Topliss-reactive ketones (excluding diaryl/α,β-unsaturated/α-hetero) is 1. The van der Waals surface area contributed by atoms with E-state index >= 15 is 0 Å². The molecule has 2 atom stereocenters. The number of hydrazine groups is 1. The lowest BCUT2D eigenvalue weighted by molar-refractivity contribution is -0.114. The number of halogens is 1. The van der Waals surface area contributed by atoms with E-state index in [0.29, 0.717) is 17.7 Å². The maximum atomic E-state index is 14.4. The number of benzene rings is 2. The molecule has 2 aromatic rings. The SMILES string of the molecule is CC(C)(C)OC(=O)[P+](C1=CC=CCC1=O)(c1ccccc1)c1cccc([C@H]2CCN(N3CCCC3)C2)c1.[Br-]. The van der Waals surface area contributed by atoms with Gasteiger partial charge in [0.05, 0.1) is 0 Å². The molecule has 2 heterocycles. The summed E-state index contributed by atoms with van der Waals surface area (Å²) in [6, 6.07) is 18.3. The lowest BCUT2D eigenvalue weighted by Gasteiger charge is -2.30. The van der Waals surface area contributed by atoms with E-state index in [1.54, 1.807) is 0 Å². The smallest absolute Gasteiger partial charge is 0.467 e. The molecular weight excluding hydrogens is 559 g/mol. The molecule has 0 bridgehead atoms. The van der Waals surface area contributed by atoms with Gasteiger partial charge in [0.2, 0.25) is 13.0 Å². The van der Waals surface area contributed by atoms with Crippen molar-refractivity contribution >= 4 is 29.4 Å². The minimum absolute atomic E-state index is 0. The molecule has 0 amide bonds. The highest BCUT2D eigenvalue weighted by molar-refractivity contribution is 8.06. The molecule has 1 aliphatic carbocycles. The fraction of sp³-hybridized carbons (Fsp3) is 0.419. The molecule has 5 rings (SSSR count). The van der Waals surface area contributed by atoms with Crippen molar-refractivity contribution in [2.45, 2.75) is 58.0 Å². The van der Waals surface area contributed by atoms with E-state index in [0.717, 1.165) is 43.2 Å². The van der Waals surface area contributed by atoms with Crippen molar-refractivity contribution < 1.29 is 31.3 Å². The first-order valence-corrected chi connectivity index (χ1v) is 15.3. The van der Waals surface area contributed by atoms with Crippen molar-refractivity contribution in [1.29, 1.82) is 0 Å². The van der Waals surface area contributed by atoms with E-state index in [9.17, 15) is 9.59 Å². The minimum atomic E-state index is -3.05. The number of ether oxygens (including phenoxy) is 1. The maximum Gasteiger partial charge on any atom is 0.467 e. The minimum Gasteiger partial charge on any atom is -1.00 e. The number of carbonyl (C=O) groups excluding carboxylic acids is 2. The van der Waals surface area contributed by atoms with Gasteiger partial charge in [-0.3, -0.25) is 4.79 Å². The van der Waals surface area contributed by atoms with E-state index in [-0.39, 0.29) is 28.5 Å². The Bertz CT molecular complexity index is 1220. The topological polar surface area (TPSA) is 49.9 Å². The summed E-state index contributed by atoms with van der Waals surface area (Å²) < 4.78 is 6.14. The molecule has 0 N–H and O–H groups in total. The molecule has 2 aliphatic heterocycles. The standard InChI is InChI=1S/C31H38N2O3P.BrH/c1-31(2,3)36-30(35)37(26-13-5-4-6-14-26,29-17-8-7-16-28(29)34)27-15-11-12-24(22-27)25-18-21-33(23-25)32-19-9-10-20-32;/h4-8,11-15,17,22,25H,9-10,16,18-21,23H2,1-3H3;1H/q+1;/p-1/t25-,37?;/m0./s1. The number of allylic oxidation sites excluding steroid dienone is 4. The van der Waals surface area contributed by atoms with Crippen LogP contribution in [0, 0.1) is 0 Å². The fourth-order valence-corrected chi connectivity index (χ4v) is 9.72. The molecule has 2 saturated heterocycles. The third kappa shape index (κ3) is 5.74. The van der Waals surface area contributed by atoms with Crippen LogP contribution in [0.25, 0.3) is 0 Å². The first-order valence-electron chi connectivity index (χ1n) is 13.5. The monoisotopic (exact) mass is 596 g/mol. The van der Waals surface area contributed by atoms with Gasteiger partial charge in [-0.25, -0.2) is 14.8 Å². The summed E-state index contributed by atoms with van der Waals surface area (Å²) in [7, 11) is -3.05. The van der Waals surface area contributed by atoms with Crippen molar-refractivity contribution in [3.05, 3.63) is 83.7 Å². The molecule has 0 saturated carbocycles. The van der Waals surface area contributed by atoms with E-state index in [2.05, 4.69) is 28.2 Å². The van der Waals surface area contributed by atoms with Crippen LogP contribution in [0.2, 0.25) is 0 Å². The summed E-state index contributed by atoms with van der Waals surface area (Å²) in [5.74, 6) is 0.393. The molecule has 3 aliphatic rings. The molecule has 2 aromatic carbocycles. The van der Waals surface area contributed by atoms with Crippen LogP contribution < -0.4 is 27.6 Å². The van der Waals surface area contributed by atoms with Gasteiger partial charge in [0, 0.05) is 32.6 Å². The number of nitrogens with zero attached hydrogens (tertiary/aromatic N) is 2. The molecular formula is C31H38BrN2O3P.